The maximum Gasteiger partial charge on any atom is 0.319 e. The monoisotopic (exact) mass is 380 g/mol. The number of carbonyl (C=O) groups excluding carboxylic acids is 2. The molecule has 0 unspecified atom stereocenters. The highest BCUT2D eigenvalue weighted by Gasteiger charge is 2.21. The minimum atomic E-state index is -0.198. The highest BCUT2D eigenvalue weighted by molar-refractivity contribution is 5.89. The molecule has 1 aliphatic heterocycles. The number of anilines is 2. The summed E-state index contributed by atoms with van der Waals surface area (Å²) in [6.45, 7) is 7.59. The zero-order chi connectivity index (χ0) is 19.9. The van der Waals surface area contributed by atoms with Crippen LogP contribution in [-0.2, 0) is 11.2 Å². The fourth-order valence-electron chi connectivity index (χ4n) is 3.41. The number of hydrogen-bond acceptors (Lipinski definition) is 3. The summed E-state index contributed by atoms with van der Waals surface area (Å²) in [6.07, 6.45) is 0.460. The third-order valence-corrected chi connectivity index (χ3v) is 4.90. The van der Waals surface area contributed by atoms with E-state index < -0.39 is 0 Å². The van der Waals surface area contributed by atoms with Gasteiger partial charge in [0.15, 0.2) is 0 Å². The lowest BCUT2D eigenvalue weighted by Gasteiger charge is -2.36. The third kappa shape index (κ3) is 5.25. The van der Waals surface area contributed by atoms with E-state index in [1.807, 2.05) is 61.2 Å². The van der Waals surface area contributed by atoms with Crippen molar-refractivity contribution < 1.29 is 9.59 Å². The smallest absolute Gasteiger partial charge is 0.319 e. The Balaban J connectivity index is 1.50. The third-order valence-electron chi connectivity index (χ3n) is 4.90. The first-order valence-electron chi connectivity index (χ1n) is 9.78. The van der Waals surface area contributed by atoms with Crippen LogP contribution in [0, 0.1) is 6.92 Å². The van der Waals surface area contributed by atoms with Gasteiger partial charge < -0.3 is 20.4 Å². The molecule has 1 saturated heterocycles. The maximum absolute atomic E-state index is 12.6. The van der Waals surface area contributed by atoms with Gasteiger partial charge in [-0.05, 0) is 43.7 Å². The number of nitrogens with one attached hydrogen (secondary N) is 2. The van der Waals surface area contributed by atoms with E-state index in [2.05, 4.69) is 21.6 Å². The summed E-state index contributed by atoms with van der Waals surface area (Å²) in [5, 5.41) is 5.51. The van der Waals surface area contributed by atoms with Crippen LogP contribution in [0.2, 0.25) is 0 Å². The number of piperazine rings is 1. The van der Waals surface area contributed by atoms with Crippen LogP contribution in [0.4, 0.5) is 16.2 Å². The van der Waals surface area contributed by atoms with Gasteiger partial charge in [0.05, 0.1) is 6.42 Å². The van der Waals surface area contributed by atoms with Crippen molar-refractivity contribution in [2.75, 3.05) is 42.9 Å². The second-order valence-corrected chi connectivity index (χ2v) is 7.06. The Labute approximate surface area is 166 Å². The Morgan fingerprint density at radius 2 is 1.71 bits per heavy atom. The predicted molar refractivity (Wildman–Crippen MR) is 113 cm³/mol. The second-order valence-electron chi connectivity index (χ2n) is 7.06. The van der Waals surface area contributed by atoms with E-state index >= 15 is 0 Å². The van der Waals surface area contributed by atoms with E-state index in [1.165, 1.54) is 5.56 Å². The van der Waals surface area contributed by atoms with Crippen molar-refractivity contribution in [3.05, 3.63) is 59.7 Å². The van der Waals surface area contributed by atoms with Crippen LogP contribution >= 0.6 is 0 Å². The van der Waals surface area contributed by atoms with Gasteiger partial charge in [-0.1, -0.05) is 29.8 Å². The summed E-state index contributed by atoms with van der Waals surface area (Å²) in [5.41, 5.74) is 4.12. The molecule has 2 N–H and O–H groups in total. The van der Waals surface area contributed by atoms with Crippen LogP contribution in [-0.4, -0.2) is 49.6 Å². The number of nitrogens with zero attached hydrogens (tertiary/aromatic N) is 2. The topological polar surface area (TPSA) is 64.7 Å². The summed E-state index contributed by atoms with van der Waals surface area (Å²) in [4.78, 5) is 28.4. The second kappa shape index (κ2) is 9.26. The summed E-state index contributed by atoms with van der Waals surface area (Å²) in [6, 6.07) is 15.7. The average Bonchev–Trinajstić information content (AvgIpc) is 2.69. The normalized spacial score (nSPS) is 13.9. The first-order chi connectivity index (χ1) is 13.5. The van der Waals surface area contributed by atoms with Crippen molar-refractivity contribution in [2.24, 2.45) is 0 Å². The van der Waals surface area contributed by atoms with E-state index in [0.29, 0.717) is 13.0 Å². The summed E-state index contributed by atoms with van der Waals surface area (Å²) in [5.74, 6) is 0.187. The Morgan fingerprint density at radius 1 is 1.00 bits per heavy atom. The molecule has 0 saturated carbocycles. The number of urea groups is 1. The first-order valence-corrected chi connectivity index (χ1v) is 9.78. The lowest BCUT2D eigenvalue weighted by atomic mass is 10.1. The predicted octanol–water partition coefficient (Wildman–Crippen LogP) is 3.03. The molecule has 148 valence electrons. The minimum absolute atomic E-state index is 0.187. The first kappa shape index (κ1) is 19.7. The molecule has 3 amide bonds. The molecule has 6 nitrogen and oxygen atoms in total. The highest BCUT2D eigenvalue weighted by Crippen LogP contribution is 2.20. The van der Waals surface area contributed by atoms with Gasteiger partial charge in [-0.3, -0.25) is 4.79 Å². The Morgan fingerprint density at radius 3 is 2.36 bits per heavy atom. The number of benzene rings is 2. The van der Waals surface area contributed by atoms with Gasteiger partial charge >= 0.3 is 6.03 Å². The molecule has 28 heavy (non-hydrogen) atoms. The van der Waals surface area contributed by atoms with Gasteiger partial charge in [0.25, 0.3) is 0 Å². The molecule has 0 aliphatic carbocycles. The van der Waals surface area contributed by atoms with Gasteiger partial charge in [0.1, 0.15) is 0 Å². The fourth-order valence-corrected chi connectivity index (χ4v) is 3.41. The van der Waals surface area contributed by atoms with Crippen molar-refractivity contribution in [1.82, 2.24) is 10.2 Å². The Hall–Kier alpha value is -3.02. The van der Waals surface area contributed by atoms with Crippen LogP contribution in [0.1, 0.15) is 18.1 Å². The molecule has 0 aromatic heterocycles. The van der Waals surface area contributed by atoms with Crippen molar-refractivity contribution >= 4 is 23.3 Å². The van der Waals surface area contributed by atoms with E-state index in [9.17, 15) is 9.59 Å². The molecule has 2 aromatic carbocycles. The summed E-state index contributed by atoms with van der Waals surface area (Å²) >= 11 is 0. The molecule has 0 atom stereocenters. The van der Waals surface area contributed by atoms with Crippen molar-refractivity contribution in [1.29, 1.82) is 0 Å². The van der Waals surface area contributed by atoms with Crippen molar-refractivity contribution in [2.45, 2.75) is 20.3 Å². The molecule has 6 heteroatoms. The van der Waals surface area contributed by atoms with Gasteiger partial charge in [-0.25, -0.2) is 4.79 Å². The molecule has 0 bridgehead atoms. The molecule has 0 radical (unpaired) electrons. The van der Waals surface area contributed by atoms with Gasteiger partial charge in [0.2, 0.25) is 5.91 Å². The standard InChI is InChI=1S/C22H28N4O2/c1-3-23-22(28)24-19-7-9-20(10-8-19)25-11-13-26(14-12-25)21(27)16-18-6-4-5-17(2)15-18/h4-10,15H,3,11-14,16H2,1-2H3,(H2,23,24,28). The maximum atomic E-state index is 12.6. The van der Waals surface area contributed by atoms with Crippen LogP contribution in [0.15, 0.2) is 48.5 Å². The van der Waals surface area contributed by atoms with Crippen LogP contribution in [0.3, 0.4) is 0 Å². The molecule has 2 aromatic rings. The van der Waals surface area contributed by atoms with E-state index in [-0.39, 0.29) is 11.9 Å². The SMILES string of the molecule is CCNC(=O)Nc1ccc(N2CCN(C(=O)Cc3cccc(C)c3)CC2)cc1. The largest absolute Gasteiger partial charge is 0.368 e. The highest BCUT2D eigenvalue weighted by atomic mass is 16.2. The summed E-state index contributed by atoms with van der Waals surface area (Å²) < 4.78 is 0. The number of carbonyl (C=O) groups is 2. The quantitative estimate of drug-likeness (QED) is 0.838. The average molecular weight is 380 g/mol. The molecular weight excluding hydrogens is 352 g/mol. The molecule has 0 spiro atoms. The van der Waals surface area contributed by atoms with Crippen LogP contribution < -0.4 is 15.5 Å². The molecule has 3 rings (SSSR count). The van der Waals surface area contributed by atoms with Gasteiger partial charge in [-0.15, -0.1) is 0 Å². The van der Waals surface area contributed by atoms with E-state index in [4.69, 9.17) is 0 Å². The van der Waals surface area contributed by atoms with Crippen LogP contribution in [0.25, 0.3) is 0 Å². The fraction of sp³-hybridized carbons (Fsp3) is 0.364. The molecule has 1 fully saturated rings. The van der Waals surface area contributed by atoms with Gasteiger partial charge in [-0.2, -0.15) is 0 Å². The Kier molecular flexibility index (Phi) is 6.53. The number of rotatable bonds is 5. The van der Waals surface area contributed by atoms with Crippen molar-refractivity contribution in [3.63, 3.8) is 0 Å². The lowest BCUT2D eigenvalue weighted by Crippen LogP contribution is -2.49. The zero-order valence-corrected chi connectivity index (χ0v) is 16.6. The van der Waals surface area contributed by atoms with Gasteiger partial charge in [0, 0.05) is 44.1 Å². The number of hydrogen-bond donors (Lipinski definition) is 2. The lowest BCUT2D eigenvalue weighted by molar-refractivity contribution is -0.130. The minimum Gasteiger partial charge on any atom is -0.368 e. The molecule has 1 aliphatic rings. The van der Waals surface area contributed by atoms with Crippen molar-refractivity contribution in [3.8, 4) is 0 Å². The van der Waals surface area contributed by atoms with Crippen LogP contribution in [0.5, 0.6) is 0 Å². The number of amides is 3. The Bertz CT molecular complexity index is 812. The summed E-state index contributed by atoms with van der Waals surface area (Å²) in [7, 11) is 0. The van der Waals surface area contributed by atoms with E-state index in [0.717, 1.165) is 43.1 Å². The molecular formula is C22H28N4O2. The molecule has 1 heterocycles. The van der Waals surface area contributed by atoms with E-state index in [1.54, 1.807) is 0 Å². The number of aryl methyl sites for hydroxylation is 1. The zero-order valence-electron chi connectivity index (χ0n) is 16.6.